The minimum Gasteiger partial charge on any atom is -0.397 e. The number of rotatable bonds is 1. The maximum Gasteiger partial charge on any atom is 0.257 e. The van der Waals surface area contributed by atoms with Crippen molar-refractivity contribution in [3.8, 4) is 10.4 Å². The Bertz CT molecular complexity index is 501. The number of aromatic amines is 1. The number of hydrogen-bond donors (Lipinski definition) is 2. The second-order valence-corrected chi connectivity index (χ2v) is 3.83. The minimum absolute atomic E-state index is 0.124. The van der Waals surface area contributed by atoms with E-state index in [0.29, 0.717) is 11.3 Å². The number of nitrogens with zero attached hydrogens (tertiary/aromatic N) is 1. The molecule has 2 aromatic heterocycles. The molecule has 3 N–H and O–H groups in total. The van der Waals surface area contributed by atoms with Gasteiger partial charge in [-0.25, -0.2) is 0 Å². The van der Waals surface area contributed by atoms with E-state index in [0.717, 1.165) is 10.4 Å². The molecule has 0 bridgehead atoms. The van der Waals surface area contributed by atoms with E-state index in [4.69, 9.17) is 5.73 Å². The van der Waals surface area contributed by atoms with Crippen LogP contribution in [0.25, 0.3) is 10.4 Å². The summed E-state index contributed by atoms with van der Waals surface area (Å²) in [5.41, 5.74) is 9.29. The van der Waals surface area contributed by atoms with Crippen molar-refractivity contribution in [3.63, 3.8) is 0 Å². The SMILES string of the molecule is Cc1c(N)c[nH]c(=O)c1-c1cncs1. The van der Waals surface area contributed by atoms with Crippen LogP contribution >= 0.6 is 11.3 Å². The van der Waals surface area contributed by atoms with E-state index >= 15 is 0 Å². The molecule has 72 valence electrons. The summed E-state index contributed by atoms with van der Waals surface area (Å²) in [7, 11) is 0. The Balaban J connectivity index is 2.75. The van der Waals surface area contributed by atoms with Crippen LogP contribution in [0.2, 0.25) is 0 Å². The van der Waals surface area contributed by atoms with Crippen LogP contribution in [-0.4, -0.2) is 9.97 Å². The van der Waals surface area contributed by atoms with Crippen molar-refractivity contribution in [1.29, 1.82) is 0 Å². The number of aromatic nitrogens is 2. The Kier molecular flexibility index (Phi) is 2.09. The third kappa shape index (κ3) is 1.31. The molecular formula is C9H9N3OS. The molecule has 5 heteroatoms. The lowest BCUT2D eigenvalue weighted by atomic mass is 10.1. The Hall–Kier alpha value is -1.62. The van der Waals surface area contributed by atoms with Crippen molar-refractivity contribution in [2.24, 2.45) is 0 Å². The molecule has 4 nitrogen and oxygen atoms in total. The van der Waals surface area contributed by atoms with E-state index in [1.54, 1.807) is 11.7 Å². The van der Waals surface area contributed by atoms with Crippen molar-refractivity contribution in [2.75, 3.05) is 5.73 Å². The zero-order chi connectivity index (χ0) is 10.1. The van der Waals surface area contributed by atoms with E-state index in [1.165, 1.54) is 17.5 Å². The molecule has 0 spiro atoms. The number of nitrogens with two attached hydrogens (primary N) is 1. The average Bonchev–Trinajstić information content (AvgIpc) is 2.65. The highest BCUT2D eigenvalue weighted by Gasteiger charge is 2.10. The minimum atomic E-state index is -0.124. The molecule has 0 fully saturated rings. The fourth-order valence-electron chi connectivity index (χ4n) is 1.27. The first-order valence-corrected chi connectivity index (χ1v) is 4.94. The molecule has 2 aromatic rings. The zero-order valence-corrected chi connectivity index (χ0v) is 8.39. The summed E-state index contributed by atoms with van der Waals surface area (Å²) in [6.45, 7) is 1.83. The van der Waals surface area contributed by atoms with Crippen LogP contribution in [-0.2, 0) is 0 Å². The number of thiazole rings is 1. The van der Waals surface area contributed by atoms with Gasteiger partial charge >= 0.3 is 0 Å². The van der Waals surface area contributed by atoms with Gasteiger partial charge in [0.05, 0.1) is 21.6 Å². The highest BCUT2D eigenvalue weighted by atomic mass is 32.1. The van der Waals surface area contributed by atoms with Crippen LogP contribution in [0.15, 0.2) is 22.7 Å². The molecule has 0 aliphatic carbocycles. The molecule has 0 amide bonds. The first kappa shape index (κ1) is 8.96. The molecule has 0 saturated heterocycles. The number of hydrogen-bond acceptors (Lipinski definition) is 4. The smallest absolute Gasteiger partial charge is 0.257 e. The molecule has 0 radical (unpaired) electrons. The molecule has 0 unspecified atom stereocenters. The van der Waals surface area contributed by atoms with Gasteiger partial charge in [-0.2, -0.15) is 0 Å². The highest BCUT2D eigenvalue weighted by Crippen LogP contribution is 2.25. The standard InChI is InChI=1S/C9H9N3OS/c1-5-6(10)2-12-9(13)8(5)7-3-11-4-14-7/h2-4H,10H2,1H3,(H,12,13). The number of anilines is 1. The van der Waals surface area contributed by atoms with Crippen LogP contribution in [0, 0.1) is 6.92 Å². The molecule has 2 rings (SSSR count). The van der Waals surface area contributed by atoms with Gasteiger partial charge in [-0.15, -0.1) is 11.3 Å². The maximum atomic E-state index is 11.6. The van der Waals surface area contributed by atoms with Crippen molar-refractivity contribution in [1.82, 2.24) is 9.97 Å². The van der Waals surface area contributed by atoms with Crippen molar-refractivity contribution in [2.45, 2.75) is 6.92 Å². The van der Waals surface area contributed by atoms with Gasteiger partial charge in [0.1, 0.15) is 0 Å². The Labute approximate surface area is 84.4 Å². The molecule has 0 aromatic carbocycles. The lowest BCUT2D eigenvalue weighted by Crippen LogP contribution is -2.11. The van der Waals surface area contributed by atoms with Gasteiger partial charge in [0.25, 0.3) is 5.56 Å². The van der Waals surface area contributed by atoms with Gasteiger partial charge in [0.2, 0.25) is 0 Å². The highest BCUT2D eigenvalue weighted by molar-refractivity contribution is 7.13. The normalized spacial score (nSPS) is 10.4. The lowest BCUT2D eigenvalue weighted by molar-refractivity contribution is 1.22. The van der Waals surface area contributed by atoms with Gasteiger partial charge in [-0.1, -0.05) is 0 Å². The Morgan fingerprint density at radius 3 is 3.00 bits per heavy atom. The van der Waals surface area contributed by atoms with E-state index in [-0.39, 0.29) is 5.56 Å². The molecule has 0 atom stereocenters. The van der Waals surface area contributed by atoms with E-state index in [1.807, 2.05) is 6.92 Å². The van der Waals surface area contributed by atoms with E-state index in [2.05, 4.69) is 9.97 Å². The monoisotopic (exact) mass is 207 g/mol. The number of nitrogens with one attached hydrogen (secondary N) is 1. The van der Waals surface area contributed by atoms with Gasteiger partial charge in [-0.05, 0) is 12.5 Å². The van der Waals surface area contributed by atoms with E-state index < -0.39 is 0 Å². The van der Waals surface area contributed by atoms with Crippen LogP contribution in [0.1, 0.15) is 5.56 Å². The predicted molar refractivity (Wildman–Crippen MR) is 57.3 cm³/mol. The van der Waals surface area contributed by atoms with Gasteiger partial charge < -0.3 is 10.7 Å². The summed E-state index contributed by atoms with van der Waals surface area (Å²) in [6.07, 6.45) is 3.18. The molecule has 0 aliphatic heterocycles. The van der Waals surface area contributed by atoms with Crippen LogP contribution in [0.4, 0.5) is 5.69 Å². The fraction of sp³-hybridized carbons (Fsp3) is 0.111. The van der Waals surface area contributed by atoms with Crippen molar-refractivity contribution < 1.29 is 0 Å². The maximum absolute atomic E-state index is 11.6. The predicted octanol–water partition coefficient (Wildman–Crippen LogP) is 1.39. The molecular weight excluding hydrogens is 198 g/mol. The fourth-order valence-corrected chi connectivity index (χ4v) is 1.99. The van der Waals surface area contributed by atoms with Crippen molar-refractivity contribution >= 4 is 17.0 Å². The summed E-state index contributed by atoms with van der Waals surface area (Å²) < 4.78 is 0. The Morgan fingerprint density at radius 2 is 2.36 bits per heavy atom. The topological polar surface area (TPSA) is 71.8 Å². The molecule has 14 heavy (non-hydrogen) atoms. The van der Waals surface area contributed by atoms with Crippen LogP contribution < -0.4 is 11.3 Å². The first-order chi connectivity index (χ1) is 6.70. The average molecular weight is 207 g/mol. The van der Waals surface area contributed by atoms with Gasteiger partial charge in [0.15, 0.2) is 0 Å². The number of nitrogen functional groups attached to an aromatic ring is 1. The summed E-state index contributed by atoms with van der Waals surface area (Å²) >= 11 is 1.43. The summed E-state index contributed by atoms with van der Waals surface area (Å²) in [4.78, 5) is 18.9. The van der Waals surface area contributed by atoms with Crippen LogP contribution in [0.5, 0.6) is 0 Å². The summed E-state index contributed by atoms with van der Waals surface area (Å²) in [5, 5.41) is 0. The van der Waals surface area contributed by atoms with Gasteiger partial charge in [-0.3, -0.25) is 9.78 Å². The number of pyridine rings is 1. The molecule has 0 saturated carbocycles. The third-order valence-electron chi connectivity index (χ3n) is 2.07. The third-order valence-corrected chi connectivity index (χ3v) is 2.86. The van der Waals surface area contributed by atoms with Gasteiger partial charge in [0, 0.05) is 12.4 Å². The van der Waals surface area contributed by atoms with Crippen LogP contribution in [0.3, 0.4) is 0 Å². The summed E-state index contributed by atoms with van der Waals surface area (Å²) in [5.74, 6) is 0. The number of H-pyrrole nitrogens is 1. The first-order valence-electron chi connectivity index (χ1n) is 4.07. The van der Waals surface area contributed by atoms with Crippen molar-refractivity contribution in [3.05, 3.63) is 33.8 Å². The molecule has 2 heterocycles. The second-order valence-electron chi connectivity index (χ2n) is 2.94. The quantitative estimate of drug-likeness (QED) is 0.742. The lowest BCUT2D eigenvalue weighted by Gasteiger charge is -2.03. The summed E-state index contributed by atoms with van der Waals surface area (Å²) in [6, 6.07) is 0. The van der Waals surface area contributed by atoms with E-state index in [9.17, 15) is 4.79 Å². The Morgan fingerprint density at radius 1 is 1.57 bits per heavy atom. The molecule has 0 aliphatic rings. The zero-order valence-electron chi connectivity index (χ0n) is 7.57. The second kappa shape index (κ2) is 3.26. The largest absolute Gasteiger partial charge is 0.397 e.